The molecule has 0 radical (unpaired) electrons. The van der Waals surface area contributed by atoms with Crippen molar-refractivity contribution < 1.29 is 9.53 Å². The third kappa shape index (κ3) is 2.50. The van der Waals surface area contributed by atoms with Crippen LogP contribution < -0.4 is 0 Å². The van der Waals surface area contributed by atoms with E-state index < -0.39 is 5.97 Å². The van der Waals surface area contributed by atoms with Gasteiger partial charge in [0, 0.05) is 5.54 Å². The highest BCUT2D eigenvalue weighted by atomic mass is 35.5. The summed E-state index contributed by atoms with van der Waals surface area (Å²) in [5.74, 6) is -0.435. The summed E-state index contributed by atoms with van der Waals surface area (Å²) in [5, 5.41) is 0.184. The summed E-state index contributed by atoms with van der Waals surface area (Å²) >= 11 is 5.85. The fourth-order valence-electron chi connectivity index (χ4n) is 1.22. The normalized spacial score (nSPS) is 11.5. The summed E-state index contributed by atoms with van der Waals surface area (Å²) in [6.45, 7) is 7.98. The van der Waals surface area contributed by atoms with E-state index >= 15 is 0 Å². The van der Waals surface area contributed by atoms with Gasteiger partial charge in [-0.3, -0.25) is 0 Å². The number of nitrogens with zero attached hydrogens (tertiary/aromatic N) is 2. The van der Waals surface area contributed by atoms with E-state index in [0.29, 0.717) is 12.3 Å². The number of imidazole rings is 1. The van der Waals surface area contributed by atoms with Gasteiger partial charge in [-0.15, -0.1) is 0 Å². The Hall–Kier alpha value is -1.03. The Labute approximate surface area is 94.2 Å². The molecule has 84 valence electrons. The average molecular weight is 231 g/mol. The van der Waals surface area contributed by atoms with E-state index in [9.17, 15) is 4.79 Å². The van der Waals surface area contributed by atoms with E-state index in [1.165, 1.54) is 0 Å². The molecule has 1 aromatic rings. The fourth-order valence-corrected chi connectivity index (χ4v) is 1.43. The number of ether oxygens (including phenoxy) is 1. The summed E-state index contributed by atoms with van der Waals surface area (Å²) in [7, 11) is 0. The van der Waals surface area contributed by atoms with Gasteiger partial charge < -0.3 is 9.30 Å². The number of halogens is 1. The summed E-state index contributed by atoms with van der Waals surface area (Å²) in [6.07, 6.45) is 1.55. The van der Waals surface area contributed by atoms with Crippen molar-refractivity contribution in [3.63, 3.8) is 0 Å². The van der Waals surface area contributed by atoms with E-state index in [2.05, 4.69) is 4.98 Å². The SMILES string of the molecule is CCOC(=O)c1c(Cl)ncn1C(C)(C)C. The second kappa shape index (κ2) is 4.23. The molecule has 0 aliphatic rings. The van der Waals surface area contributed by atoms with Gasteiger partial charge in [0.25, 0.3) is 0 Å². The smallest absolute Gasteiger partial charge is 0.358 e. The Bertz CT molecular complexity index is 366. The second-order valence-electron chi connectivity index (χ2n) is 4.15. The second-order valence-corrected chi connectivity index (χ2v) is 4.50. The molecule has 0 saturated heterocycles. The molecular weight excluding hydrogens is 216 g/mol. The van der Waals surface area contributed by atoms with Crippen molar-refractivity contribution in [3.05, 3.63) is 17.2 Å². The average Bonchev–Trinajstić information content (AvgIpc) is 2.46. The van der Waals surface area contributed by atoms with Gasteiger partial charge in [-0.2, -0.15) is 0 Å². The minimum Gasteiger partial charge on any atom is -0.461 e. The van der Waals surface area contributed by atoms with Gasteiger partial charge in [0.15, 0.2) is 10.8 Å². The van der Waals surface area contributed by atoms with Gasteiger partial charge in [-0.25, -0.2) is 9.78 Å². The highest BCUT2D eigenvalue weighted by molar-refractivity contribution is 6.32. The Kier molecular flexibility index (Phi) is 3.39. The summed E-state index contributed by atoms with van der Waals surface area (Å²) in [5.41, 5.74) is 0.0633. The molecule has 0 bridgehead atoms. The molecule has 0 N–H and O–H groups in total. The monoisotopic (exact) mass is 230 g/mol. The van der Waals surface area contributed by atoms with Crippen molar-refractivity contribution in [3.8, 4) is 0 Å². The fraction of sp³-hybridized carbons (Fsp3) is 0.600. The number of esters is 1. The Balaban J connectivity index is 3.16. The van der Waals surface area contributed by atoms with E-state index in [-0.39, 0.29) is 10.7 Å². The molecule has 5 heteroatoms. The maximum atomic E-state index is 11.6. The molecule has 0 aliphatic carbocycles. The summed E-state index contributed by atoms with van der Waals surface area (Å²) in [4.78, 5) is 15.5. The van der Waals surface area contributed by atoms with Crippen molar-refractivity contribution in [2.24, 2.45) is 0 Å². The van der Waals surface area contributed by atoms with Crippen molar-refractivity contribution in [2.45, 2.75) is 33.2 Å². The lowest BCUT2D eigenvalue weighted by atomic mass is 10.1. The van der Waals surface area contributed by atoms with E-state index in [0.717, 1.165) is 0 Å². The van der Waals surface area contributed by atoms with Gasteiger partial charge in [0.2, 0.25) is 0 Å². The Morgan fingerprint density at radius 2 is 2.20 bits per heavy atom. The van der Waals surface area contributed by atoms with Crippen LogP contribution >= 0.6 is 11.6 Å². The van der Waals surface area contributed by atoms with Crippen molar-refractivity contribution in [1.29, 1.82) is 0 Å². The van der Waals surface area contributed by atoms with Crippen molar-refractivity contribution >= 4 is 17.6 Å². The molecule has 0 aliphatic heterocycles. The zero-order valence-corrected chi connectivity index (χ0v) is 10.1. The Morgan fingerprint density at radius 3 is 2.67 bits per heavy atom. The number of carbonyl (C=O) groups is 1. The molecule has 0 unspecified atom stereocenters. The molecular formula is C10H15ClN2O2. The summed E-state index contributed by atoms with van der Waals surface area (Å²) in [6, 6.07) is 0. The first-order chi connectivity index (χ1) is 6.88. The van der Waals surface area contributed by atoms with Crippen LogP contribution in [0.1, 0.15) is 38.2 Å². The molecule has 4 nitrogen and oxygen atoms in total. The maximum absolute atomic E-state index is 11.6. The first-order valence-electron chi connectivity index (χ1n) is 4.78. The lowest BCUT2D eigenvalue weighted by Gasteiger charge is -2.22. The minimum atomic E-state index is -0.435. The molecule has 0 saturated carbocycles. The third-order valence-corrected chi connectivity index (χ3v) is 2.19. The van der Waals surface area contributed by atoms with Crippen molar-refractivity contribution in [1.82, 2.24) is 9.55 Å². The van der Waals surface area contributed by atoms with Crippen LogP contribution in [-0.4, -0.2) is 22.1 Å². The lowest BCUT2D eigenvalue weighted by molar-refractivity contribution is 0.0507. The predicted octanol–water partition coefficient (Wildman–Crippen LogP) is 2.47. The topological polar surface area (TPSA) is 44.1 Å². The van der Waals surface area contributed by atoms with E-state index in [1.54, 1.807) is 17.8 Å². The number of aromatic nitrogens is 2. The van der Waals surface area contributed by atoms with E-state index in [4.69, 9.17) is 16.3 Å². The molecule has 15 heavy (non-hydrogen) atoms. The van der Waals surface area contributed by atoms with Gasteiger partial charge >= 0.3 is 5.97 Å². The van der Waals surface area contributed by atoms with Crippen LogP contribution in [0, 0.1) is 0 Å². The van der Waals surface area contributed by atoms with Crippen LogP contribution in [0.2, 0.25) is 5.15 Å². The van der Waals surface area contributed by atoms with Gasteiger partial charge in [0.05, 0.1) is 12.9 Å². The predicted molar refractivity (Wildman–Crippen MR) is 58.2 cm³/mol. The highest BCUT2D eigenvalue weighted by Gasteiger charge is 2.25. The molecule has 0 spiro atoms. The van der Waals surface area contributed by atoms with Crippen LogP contribution in [0.25, 0.3) is 0 Å². The highest BCUT2D eigenvalue weighted by Crippen LogP contribution is 2.22. The largest absolute Gasteiger partial charge is 0.461 e. The van der Waals surface area contributed by atoms with Gasteiger partial charge in [-0.05, 0) is 27.7 Å². The molecule has 0 fully saturated rings. The zero-order valence-electron chi connectivity index (χ0n) is 9.37. The zero-order chi connectivity index (χ0) is 11.6. The lowest BCUT2D eigenvalue weighted by Crippen LogP contribution is -2.26. The first kappa shape index (κ1) is 12.0. The molecule has 1 heterocycles. The minimum absolute atomic E-state index is 0.184. The van der Waals surface area contributed by atoms with Crippen LogP contribution in [0.15, 0.2) is 6.33 Å². The summed E-state index contributed by atoms with van der Waals surface area (Å²) < 4.78 is 6.63. The number of hydrogen-bond acceptors (Lipinski definition) is 3. The van der Waals surface area contributed by atoms with E-state index in [1.807, 2.05) is 20.8 Å². The molecule has 1 aromatic heterocycles. The third-order valence-electron chi connectivity index (χ3n) is 1.91. The quantitative estimate of drug-likeness (QED) is 0.734. The Morgan fingerprint density at radius 1 is 1.60 bits per heavy atom. The molecule has 0 atom stereocenters. The van der Waals surface area contributed by atoms with Crippen LogP contribution in [-0.2, 0) is 10.3 Å². The number of carbonyl (C=O) groups excluding carboxylic acids is 1. The molecule has 1 rings (SSSR count). The molecule has 0 aromatic carbocycles. The standard InChI is InChI=1S/C10H15ClN2O2/c1-5-15-9(14)7-8(11)12-6-13(7)10(2,3)4/h6H,5H2,1-4H3. The molecule has 0 amide bonds. The van der Waals surface area contributed by atoms with Crippen LogP contribution in [0.5, 0.6) is 0 Å². The van der Waals surface area contributed by atoms with Crippen LogP contribution in [0.3, 0.4) is 0 Å². The van der Waals surface area contributed by atoms with Gasteiger partial charge in [0.1, 0.15) is 0 Å². The first-order valence-corrected chi connectivity index (χ1v) is 5.16. The van der Waals surface area contributed by atoms with Gasteiger partial charge in [-0.1, -0.05) is 11.6 Å². The van der Waals surface area contributed by atoms with Crippen molar-refractivity contribution in [2.75, 3.05) is 6.61 Å². The number of hydrogen-bond donors (Lipinski definition) is 0. The number of rotatable bonds is 2. The maximum Gasteiger partial charge on any atom is 0.358 e. The van der Waals surface area contributed by atoms with Crippen LogP contribution in [0.4, 0.5) is 0 Å².